The molecule has 5 rings (SSSR count). The lowest BCUT2D eigenvalue weighted by atomic mass is 10.2. The standard InChI is InChI=1S/C24H23N5O3S/c1-32-18-12-6-5-10-16(18)20-27-22(31)19-23(28-20)33-24(26-19)29-13-7-11-17(29)21(30)25-14-15-8-3-2-4-9-15/h2-6,8-10,12,17H,7,11,13-14H2,1H3,(H,25,30)(H,27,28,31). The number of benzene rings is 2. The summed E-state index contributed by atoms with van der Waals surface area (Å²) in [5, 5.41) is 3.66. The highest BCUT2D eigenvalue weighted by Gasteiger charge is 2.33. The number of para-hydroxylation sites is 1. The molecule has 2 aromatic carbocycles. The number of fused-ring (bicyclic) bond motifs is 1. The molecule has 9 heteroatoms. The molecule has 1 atom stereocenters. The van der Waals surface area contributed by atoms with Gasteiger partial charge in [-0.2, -0.15) is 0 Å². The number of hydrogen-bond acceptors (Lipinski definition) is 7. The van der Waals surface area contributed by atoms with E-state index in [9.17, 15) is 9.59 Å². The minimum Gasteiger partial charge on any atom is -0.496 e. The predicted octanol–water partition coefficient (Wildman–Crippen LogP) is 3.34. The van der Waals surface area contributed by atoms with Gasteiger partial charge in [-0.1, -0.05) is 53.8 Å². The Balaban J connectivity index is 1.41. The molecule has 3 heterocycles. The molecule has 1 unspecified atom stereocenters. The first-order valence-electron chi connectivity index (χ1n) is 10.8. The van der Waals surface area contributed by atoms with Crippen LogP contribution in [-0.4, -0.2) is 40.6 Å². The van der Waals surface area contributed by atoms with E-state index in [1.54, 1.807) is 7.11 Å². The summed E-state index contributed by atoms with van der Waals surface area (Å²) in [5.41, 5.74) is 1.72. The number of thiazole rings is 1. The van der Waals surface area contributed by atoms with Gasteiger partial charge < -0.3 is 19.9 Å². The van der Waals surface area contributed by atoms with Crippen molar-refractivity contribution < 1.29 is 9.53 Å². The van der Waals surface area contributed by atoms with Crippen LogP contribution in [0.5, 0.6) is 5.75 Å². The van der Waals surface area contributed by atoms with E-state index in [-0.39, 0.29) is 23.0 Å². The van der Waals surface area contributed by atoms with Crippen molar-refractivity contribution in [3.63, 3.8) is 0 Å². The highest BCUT2D eigenvalue weighted by atomic mass is 32.1. The Hall–Kier alpha value is -3.72. The molecule has 1 saturated heterocycles. The van der Waals surface area contributed by atoms with Crippen LogP contribution >= 0.6 is 11.3 Å². The maximum atomic E-state index is 12.9. The summed E-state index contributed by atoms with van der Waals surface area (Å²) >= 11 is 1.33. The van der Waals surface area contributed by atoms with E-state index in [0.717, 1.165) is 18.4 Å². The Bertz CT molecular complexity index is 1350. The fraction of sp³-hybridized carbons (Fsp3) is 0.250. The average molecular weight is 462 g/mol. The lowest BCUT2D eigenvalue weighted by Crippen LogP contribution is -2.43. The Kier molecular flexibility index (Phi) is 5.78. The van der Waals surface area contributed by atoms with Crippen molar-refractivity contribution in [1.82, 2.24) is 20.3 Å². The van der Waals surface area contributed by atoms with Crippen molar-refractivity contribution in [2.45, 2.75) is 25.4 Å². The molecule has 1 aliphatic heterocycles. The van der Waals surface area contributed by atoms with E-state index in [1.807, 2.05) is 59.5 Å². The summed E-state index contributed by atoms with van der Waals surface area (Å²) < 4.78 is 5.41. The molecule has 8 nitrogen and oxygen atoms in total. The van der Waals surface area contributed by atoms with E-state index in [0.29, 0.717) is 40.2 Å². The van der Waals surface area contributed by atoms with Crippen molar-refractivity contribution in [1.29, 1.82) is 0 Å². The third-order valence-electron chi connectivity index (χ3n) is 5.73. The van der Waals surface area contributed by atoms with Crippen molar-refractivity contribution in [2.75, 3.05) is 18.6 Å². The number of rotatable bonds is 6. The van der Waals surface area contributed by atoms with Crippen molar-refractivity contribution >= 4 is 32.7 Å². The van der Waals surface area contributed by atoms with E-state index in [1.165, 1.54) is 11.3 Å². The van der Waals surface area contributed by atoms with Crippen molar-refractivity contribution in [3.05, 3.63) is 70.5 Å². The lowest BCUT2D eigenvalue weighted by Gasteiger charge is -2.23. The normalized spacial score (nSPS) is 15.7. The smallest absolute Gasteiger partial charge is 0.278 e. The first kappa shape index (κ1) is 21.1. The molecular formula is C24H23N5O3S. The van der Waals surface area contributed by atoms with Crippen molar-refractivity contribution in [2.24, 2.45) is 0 Å². The number of aromatic amines is 1. The molecule has 1 amide bonds. The topological polar surface area (TPSA) is 100 Å². The highest BCUT2D eigenvalue weighted by Crippen LogP contribution is 2.33. The second kappa shape index (κ2) is 9.03. The van der Waals surface area contributed by atoms with Crippen LogP contribution in [0.1, 0.15) is 18.4 Å². The number of nitrogens with zero attached hydrogens (tertiary/aromatic N) is 3. The fourth-order valence-corrected chi connectivity index (χ4v) is 5.10. The third kappa shape index (κ3) is 4.19. The highest BCUT2D eigenvalue weighted by molar-refractivity contribution is 7.21. The van der Waals surface area contributed by atoms with E-state index < -0.39 is 0 Å². The van der Waals surface area contributed by atoms with Gasteiger partial charge in [-0.3, -0.25) is 9.59 Å². The zero-order valence-corrected chi connectivity index (χ0v) is 18.9. The second-order valence-electron chi connectivity index (χ2n) is 7.82. The molecule has 1 fully saturated rings. The predicted molar refractivity (Wildman–Crippen MR) is 129 cm³/mol. The number of carbonyl (C=O) groups excluding carboxylic acids is 1. The Morgan fingerprint density at radius 1 is 1.18 bits per heavy atom. The summed E-state index contributed by atoms with van der Waals surface area (Å²) in [6.45, 7) is 1.19. The maximum absolute atomic E-state index is 12.9. The number of H-pyrrole nitrogens is 1. The summed E-state index contributed by atoms with van der Waals surface area (Å²) in [5.74, 6) is 1.02. The monoisotopic (exact) mass is 461 g/mol. The molecule has 2 aromatic heterocycles. The van der Waals surface area contributed by atoms with Gasteiger partial charge in [0.05, 0.1) is 12.7 Å². The molecule has 168 valence electrons. The number of methoxy groups -OCH3 is 1. The number of hydrogen-bond donors (Lipinski definition) is 2. The van der Waals surface area contributed by atoms with Crippen LogP contribution in [0, 0.1) is 0 Å². The summed E-state index contributed by atoms with van der Waals surface area (Å²) in [6.07, 6.45) is 1.63. The van der Waals surface area contributed by atoms with Crippen LogP contribution in [0.25, 0.3) is 21.7 Å². The van der Waals surface area contributed by atoms with Gasteiger partial charge in [0.2, 0.25) is 5.91 Å². The van der Waals surface area contributed by atoms with Gasteiger partial charge in [-0.05, 0) is 30.5 Å². The van der Waals surface area contributed by atoms with Gasteiger partial charge in [-0.25, -0.2) is 9.97 Å². The minimum absolute atomic E-state index is 0.0350. The van der Waals surface area contributed by atoms with E-state index in [2.05, 4.69) is 20.3 Å². The number of amides is 1. The van der Waals surface area contributed by atoms with Crippen LogP contribution in [0.2, 0.25) is 0 Å². The van der Waals surface area contributed by atoms with Gasteiger partial charge in [0.1, 0.15) is 17.6 Å². The number of carbonyl (C=O) groups is 1. The van der Waals surface area contributed by atoms with Crippen LogP contribution < -0.4 is 20.5 Å². The van der Waals surface area contributed by atoms with Gasteiger partial charge in [0.25, 0.3) is 5.56 Å². The molecule has 4 aromatic rings. The van der Waals surface area contributed by atoms with Crippen molar-refractivity contribution in [3.8, 4) is 17.1 Å². The third-order valence-corrected chi connectivity index (χ3v) is 6.72. The SMILES string of the molecule is COc1ccccc1-c1nc2sc(N3CCCC3C(=O)NCc3ccccc3)nc2c(=O)[nH]1. The van der Waals surface area contributed by atoms with Crippen LogP contribution in [-0.2, 0) is 11.3 Å². The number of ether oxygens (including phenoxy) is 1. The first-order chi connectivity index (χ1) is 16.1. The maximum Gasteiger partial charge on any atom is 0.278 e. The van der Waals surface area contributed by atoms with E-state index >= 15 is 0 Å². The quantitative estimate of drug-likeness (QED) is 0.457. The number of nitrogens with one attached hydrogen (secondary N) is 2. The largest absolute Gasteiger partial charge is 0.496 e. The molecule has 1 aliphatic rings. The zero-order valence-electron chi connectivity index (χ0n) is 18.1. The second-order valence-corrected chi connectivity index (χ2v) is 8.78. The molecule has 0 spiro atoms. The van der Waals surface area contributed by atoms with Gasteiger partial charge >= 0.3 is 0 Å². The zero-order chi connectivity index (χ0) is 22.8. The summed E-state index contributed by atoms with van der Waals surface area (Å²) in [4.78, 5) is 40.2. The molecule has 0 saturated carbocycles. The first-order valence-corrected chi connectivity index (χ1v) is 11.6. The summed E-state index contributed by atoms with van der Waals surface area (Å²) in [7, 11) is 1.58. The van der Waals surface area contributed by atoms with Crippen LogP contribution in [0.15, 0.2) is 59.4 Å². The van der Waals surface area contributed by atoms with E-state index in [4.69, 9.17) is 4.74 Å². The Morgan fingerprint density at radius 3 is 2.79 bits per heavy atom. The molecule has 0 radical (unpaired) electrons. The van der Waals surface area contributed by atoms with Gasteiger partial charge in [0.15, 0.2) is 15.5 Å². The molecule has 0 bridgehead atoms. The molecular weight excluding hydrogens is 438 g/mol. The Morgan fingerprint density at radius 2 is 1.97 bits per heavy atom. The van der Waals surface area contributed by atoms with Crippen LogP contribution in [0.4, 0.5) is 5.13 Å². The van der Waals surface area contributed by atoms with Crippen LogP contribution in [0.3, 0.4) is 0 Å². The van der Waals surface area contributed by atoms with Gasteiger partial charge in [0, 0.05) is 13.1 Å². The molecule has 0 aliphatic carbocycles. The molecule has 2 N–H and O–H groups in total. The Labute approximate surface area is 194 Å². The number of anilines is 1. The van der Waals surface area contributed by atoms with Gasteiger partial charge in [-0.15, -0.1) is 0 Å². The fourth-order valence-electron chi connectivity index (χ4n) is 4.08. The minimum atomic E-state index is -0.318. The summed E-state index contributed by atoms with van der Waals surface area (Å²) in [6, 6.07) is 16.9. The average Bonchev–Trinajstić information content (AvgIpc) is 3.50. The molecule has 33 heavy (non-hydrogen) atoms. The lowest BCUT2D eigenvalue weighted by molar-refractivity contribution is -0.122. The number of aromatic nitrogens is 3.